The monoisotopic (exact) mass is 477 g/mol. The van der Waals surface area contributed by atoms with E-state index >= 15 is 0 Å². The molecule has 0 aliphatic carbocycles. The summed E-state index contributed by atoms with van der Waals surface area (Å²) in [4.78, 5) is 30.0. The van der Waals surface area contributed by atoms with E-state index in [9.17, 15) is 9.59 Å². The van der Waals surface area contributed by atoms with Gasteiger partial charge in [0.25, 0.3) is 11.8 Å². The van der Waals surface area contributed by atoms with Crippen LogP contribution in [0.4, 0.5) is 11.4 Å². The van der Waals surface area contributed by atoms with Crippen LogP contribution in [0.25, 0.3) is 0 Å². The molecule has 0 unspecified atom stereocenters. The first kappa shape index (κ1) is 23.6. The molecular weight excluding hydrogens is 450 g/mol. The Bertz CT molecular complexity index is 1200. The Morgan fingerprint density at radius 2 is 1.59 bits per heavy atom. The van der Waals surface area contributed by atoms with E-state index in [0.717, 1.165) is 16.8 Å². The number of para-hydroxylation sites is 2. The van der Waals surface area contributed by atoms with Gasteiger partial charge in [-0.2, -0.15) is 0 Å². The molecule has 4 rings (SSSR count). The second-order valence-corrected chi connectivity index (χ2v) is 8.80. The van der Waals surface area contributed by atoms with E-state index in [4.69, 9.17) is 16.3 Å². The van der Waals surface area contributed by atoms with Crippen molar-refractivity contribution >= 4 is 34.8 Å². The van der Waals surface area contributed by atoms with E-state index in [1.54, 1.807) is 13.2 Å². The molecule has 7 heteroatoms. The van der Waals surface area contributed by atoms with Gasteiger partial charge in [-0.15, -0.1) is 0 Å². The average Bonchev–Trinajstić information content (AvgIpc) is 2.84. The van der Waals surface area contributed by atoms with Crippen molar-refractivity contribution < 1.29 is 14.3 Å². The summed E-state index contributed by atoms with van der Waals surface area (Å²) in [5.74, 6) is 0.308. The van der Waals surface area contributed by atoms with Gasteiger partial charge in [-0.05, 0) is 49.7 Å². The third-order valence-electron chi connectivity index (χ3n) is 6.08. The van der Waals surface area contributed by atoms with Gasteiger partial charge in [0.05, 0.1) is 29.1 Å². The largest absolute Gasteiger partial charge is 0.496 e. The van der Waals surface area contributed by atoms with Crippen LogP contribution in [0.15, 0.2) is 60.7 Å². The number of nitrogens with one attached hydrogen (secondary N) is 1. The Balaban J connectivity index is 1.51. The van der Waals surface area contributed by atoms with Crippen molar-refractivity contribution in [3.63, 3.8) is 0 Å². The molecule has 1 aliphatic heterocycles. The van der Waals surface area contributed by atoms with Gasteiger partial charge in [0.2, 0.25) is 0 Å². The zero-order valence-corrected chi connectivity index (χ0v) is 20.4. The lowest BCUT2D eigenvalue weighted by Crippen LogP contribution is -2.49. The number of anilines is 2. The fourth-order valence-corrected chi connectivity index (χ4v) is 4.54. The number of ether oxygens (including phenoxy) is 1. The highest BCUT2D eigenvalue weighted by atomic mass is 35.5. The zero-order chi connectivity index (χ0) is 24.2. The van der Waals surface area contributed by atoms with Crippen LogP contribution in [-0.2, 0) is 0 Å². The van der Waals surface area contributed by atoms with Crippen molar-refractivity contribution in [1.82, 2.24) is 4.90 Å². The molecule has 0 aromatic heterocycles. The predicted octanol–water partition coefficient (Wildman–Crippen LogP) is 5.18. The summed E-state index contributed by atoms with van der Waals surface area (Å²) in [6.45, 7) is 6.25. The number of methoxy groups -OCH3 is 1. The number of piperazine rings is 1. The average molecular weight is 478 g/mol. The van der Waals surface area contributed by atoms with Crippen molar-refractivity contribution in [3.05, 3.63) is 87.9 Å². The van der Waals surface area contributed by atoms with Gasteiger partial charge >= 0.3 is 0 Å². The van der Waals surface area contributed by atoms with Gasteiger partial charge in [0, 0.05) is 31.7 Å². The summed E-state index contributed by atoms with van der Waals surface area (Å²) in [6, 6.07) is 18.6. The Kier molecular flexibility index (Phi) is 7.08. The fraction of sp³-hybridized carbons (Fsp3) is 0.259. The number of carbonyl (C=O) groups is 2. The second-order valence-electron chi connectivity index (χ2n) is 8.39. The van der Waals surface area contributed by atoms with Crippen LogP contribution in [0.5, 0.6) is 5.75 Å². The molecule has 6 nitrogen and oxygen atoms in total. The summed E-state index contributed by atoms with van der Waals surface area (Å²) in [7, 11) is 1.56. The van der Waals surface area contributed by atoms with E-state index in [2.05, 4.69) is 10.2 Å². The summed E-state index contributed by atoms with van der Waals surface area (Å²) >= 11 is 6.59. The number of aryl methyl sites for hydroxylation is 2. The maximum absolute atomic E-state index is 13.1. The highest BCUT2D eigenvalue weighted by Gasteiger charge is 2.26. The Morgan fingerprint density at radius 3 is 2.26 bits per heavy atom. The van der Waals surface area contributed by atoms with Gasteiger partial charge < -0.3 is 19.9 Å². The topological polar surface area (TPSA) is 61.9 Å². The molecular formula is C27H28ClN3O3. The molecule has 34 heavy (non-hydrogen) atoms. The highest BCUT2D eigenvalue weighted by molar-refractivity contribution is 6.34. The molecule has 0 saturated carbocycles. The minimum Gasteiger partial charge on any atom is -0.496 e. The molecule has 1 fully saturated rings. The van der Waals surface area contributed by atoms with Crippen molar-refractivity contribution in [1.29, 1.82) is 0 Å². The number of halogens is 1. The van der Waals surface area contributed by atoms with Gasteiger partial charge in [-0.25, -0.2) is 0 Å². The van der Waals surface area contributed by atoms with Crippen LogP contribution in [-0.4, -0.2) is 50.0 Å². The van der Waals surface area contributed by atoms with Gasteiger partial charge in [0.1, 0.15) is 5.75 Å². The zero-order valence-electron chi connectivity index (χ0n) is 19.6. The molecule has 0 bridgehead atoms. The summed E-state index contributed by atoms with van der Waals surface area (Å²) in [5, 5.41) is 3.55. The Labute approximate surface area is 205 Å². The molecule has 2 amide bonds. The maximum Gasteiger partial charge on any atom is 0.259 e. The quantitative estimate of drug-likeness (QED) is 0.550. The molecule has 0 radical (unpaired) electrons. The maximum atomic E-state index is 13.1. The van der Waals surface area contributed by atoms with Crippen LogP contribution < -0.4 is 15.0 Å². The van der Waals surface area contributed by atoms with Gasteiger partial charge in [-0.1, -0.05) is 47.5 Å². The fourth-order valence-electron chi connectivity index (χ4n) is 4.24. The van der Waals surface area contributed by atoms with Crippen LogP contribution in [0.3, 0.4) is 0 Å². The molecule has 3 aromatic carbocycles. The van der Waals surface area contributed by atoms with E-state index < -0.39 is 0 Å². The van der Waals surface area contributed by atoms with E-state index in [1.807, 2.05) is 73.3 Å². The number of hydrogen-bond acceptors (Lipinski definition) is 4. The highest BCUT2D eigenvalue weighted by Crippen LogP contribution is 2.35. The first-order valence-corrected chi connectivity index (χ1v) is 11.6. The molecule has 3 aromatic rings. The molecule has 176 valence electrons. The standard InChI is InChI=1S/C27H28ClN3O3/c1-18-10-12-20(13-11-18)27(33)31-16-14-30(15-17-31)24-22(28)8-5-9-23(24)29-26(32)21-7-4-6-19(2)25(21)34-3/h4-13H,14-17H2,1-3H3,(H,29,32). The third-order valence-corrected chi connectivity index (χ3v) is 6.38. The normalized spacial score (nSPS) is 13.5. The lowest BCUT2D eigenvalue weighted by atomic mass is 10.1. The molecule has 0 atom stereocenters. The first-order valence-electron chi connectivity index (χ1n) is 11.2. The lowest BCUT2D eigenvalue weighted by molar-refractivity contribution is 0.0746. The molecule has 0 spiro atoms. The first-order chi connectivity index (χ1) is 16.4. The van der Waals surface area contributed by atoms with Crippen molar-refractivity contribution in [2.75, 3.05) is 43.5 Å². The van der Waals surface area contributed by atoms with Crippen LogP contribution in [0, 0.1) is 13.8 Å². The smallest absolute Gasteiger partial charge is 0.259 e. The van der Waals surface area contributed by atoms with Crippen LogP contribution in [0.2, 0.25) is 5.02 Å². The van der Waals surface area contributed by atoms with Crippen molar-refractivity contribution in [3.8, 4) is 5.75 Å². The van der Waals surface area contributed by atoms with Crippen molar-refractivity contribution in [2.45, 2.75) is 13.8 Å². The SMILES string of the molecule is COc1c(C)cccc1C(=O)Nc1cccc(Cl)c1N1CCN(C(=O)c2ccc(C)cc2)CC1. The minimum atomic E-state index is -0.266. The predicted molar refractivity (Wildman–Crippen MR) is 136 cm³/mol. The number of benzene rings is 3. The number of hydrogen-bond donors (Lipinski definition) is 1. The van der Waals surface area contributed by atoms with Gasteiger partial charge in [-0.3, -0.25) is 9.59 Å². The number of rotatable bonds is 5. The summed E-state index contributed by atoms with van der Waals surface area (Å²) < 4.78 is 5.45. The number of carbonyl (C=O) groups excluding carboxylic acids is 2. The molecule has 1 aliphatic rings. The van der Waals surface area contributed by atoms with Crippen LogP contribution in [0.1, 0.15) is 31.8 Å². The van der Waals surface area contributed by atoms with E-state index in [0.29, 0.717) is 53.8 Å². The molecule has 1 saturated heterocycles. The summed E-state index contributed by atoms with van der Waals surface area (Å²) in [5.41, 5.74) is 4.54. The van der Waals surface area contributed by atoms with Crippen molar-refractivity contribution in [2.24, 2.45) is 0 Å². The molecule has 1 heterocycles. The van der Waals surface area contributed by atoms with E-state index in [-0.39, 0.29) is 11.8 Å². The van der Waals surface area contributed by atoms with E-state index in [1.165, 1.54) is 0 Å². The Morgan fingerprint density at radius 1 is 0.912 bits per heavy atom. The third kappa shape index (κ3) is 4.87. The lowest BCUT2D eigenvalue weighted by Gasteiger charge is -2.37. The minimum absolute atomic E-state index is 0.0267. The van der Waals surface area contributed by atoms with Gasteiger partial charge in [0.15, 0.2) is 0 Å². The van der Waals surface area contributed by atoms with Crippen LogP contribution >= 0.6 is 11.6 Å². The number of nitrogens with zero attached hydrogens (tertiary/aromatic N) is 2. The Hall–Kier alpha value is -3.51. The molecule has 1 N–H and O–H groups in total. The second kappa shape index (κ2) is 10.2. The number of amides is 2. The summed E-state index contributed by atoms with van der Waals surface area (Å²) in [6.07, 6.45) is 0.